The number of fused-ring (bicyclic) bond motifs is 1. The van der Waals surface area contributed by atoms with Crippen LogP contribution < -0.4 is 5.32 Å². The highest BCUT2D eigenvalue weighted by Gasteiger charge is 2.35. The molecule has 6 nitrogen and oxygen atoms in total. The topological polar surface area (TPSA) is 78.8 Å². The molecule has 1 aliphatic heterocycles. The number of rotatable bonds is 4. The van der Waals surface area contributed by atoms with Crippen molar-refractivity contribution >= 4 is 38.9 Å². The van der Waals surface area contributed by atoms with Crippen LogP contribution >= 0.6 is 11.6 Å². The van der Waals surface area contributed by atoms with Gasteiger partial charge in [0.2, 0.25) is 5.91 Å². The van der Waals surface area contributed by atoms with Crippen LogP contribution in [-0.4, -0.2) is 31.0 Å². The van der Waals surface area contributed by atoms with Crippen molar-refractivity contribution in [3.63, 3.8) is 0 Å². The van der Waals surface area contributed by atoms with Crippen molar-refractivity contribution in [3.8, 4) is 0 Å². The molecule has 9 heteroatoms. The molecule has 0 atom stereocenters. The number of halogens is 2. The summed E-state index contributed by atoms with van der Waals surface area (Å²) < 4.78 is 41.7. The fourth-order valence-electron chi connectivity index (χ4n) is 3.53. The van der Waals surface area contributed by atoms with E-state index in [4.69, 9.17) is 11.6 Å². The summed E-state index contributed by atoms with van der Waals surface area (Å²) in [6, 6.07) is 15.6. The molecule has 1 heterocycles. The maximum absolute atomic E-state index is 14.6. The number of para-hydroxylation sites is 1. The molecule has 3 aromatic rings. The van der Waals surface area contributed by atoms with Gasteiger partial charge in [0.1, 0.15) is 18.1 Å². The number of hydrogen-bond donors (Lipinski definition) is 1. The summed E-state index contributed by atoms with van der Waals surface area (Å²) in [7, 11) is -4.16. The minimum atomic E-state index is -4.16. The lowest BCUT2D eigenvalue weighted by molar-refractivity contribution is -0.116. The van der Waals surface area contributed by atoms with E-state index >= 15 is 0 Å². The zero-order valence-electron chi connectivity index (χ0n) is 17.3. The quantitative estimate of drug-likeness (QED) is 0.608. The molecule has 0 bridgehead atoms. The number of aryl methyl sites for hydroxylation is 2. The van der Waals surface area contributed by atoms with E-state index in [0.717, 1.165) is 11.1 Å². The molecule has 0 spiro atoms. The number of nitrogens with one attached hydrogen (secondary N) is 1. The van der Waals surface area contributed by atoms with Crippen LogP contribution in [0, 0.1) is 19.7 Å². The molecule has 32 heavy (non-hydrogen) atoms. The van der Waals surface area contributed by atoms with Gasteiger partial charge in [-0.25, -0.2) is 4.39 Å². The number of amides is 1. The fourth-order valence-corrected chi connectivity index (χ4v) is 5.08. The molecule has 0 unspecified atom stereocenters. The molecule has 0 fully saturated rings. The number of sulfonamides is 1. The first-order chi connectivity index (χ1) is 15.2. The first-order valence-corrected chi connectivity index (χ1v) is 11.5. The molecule has 4 rings (SSSR count). The first kappa shape index (κ1) is 22.0. The lowest BCUT2D eigenvalue weighted by atomic mass is 10.0. The molecular formula is C23H19ClFN3O3S. The first-order valence-electron chi connectivity index (χ1n) is 9.70. The van der Waals surface area contributed by atoms with Crippen molar-refractivity contribution in [3.05, 3.63) is 93.8 Å². The maximum atomic E-state index is 14.6. The molecule has 1 amide bonds. The molecule has 1 aliphatic rings. The third kappa shape index (κ3) is 3.99. The Balaban J connectivity index is 1.77. The summed E-state index contributed by atoms with van der Waals surface area (Å²) in [5.74, 6) is -1.14. The second kappa shape index (κ2) is 8.37. The Labute approximate surface area is 190 Å². The Morgan fingerprint density at radius 2 is 1.72 bits per heavy atom. The smallest absolute Gasteiger partial charge is 0.280 e. The van der Waals surface area contributed by atoms with Crippen LogP contribution in [0.3, 0.4) is 0 Å². The van der Waals surface area contributed by atoms with E-state index < -0.39 is 28.3 Å². The monoisotopic (exact) mass is 471 g/mol. The molecule has 0 aliphatic carbocycles. The van der Waals surface area contributed by atoms with Crippen LogP contribution in [0.15, 0.2) is 70.7 Å². The molecule has 0 saturated carbocycles. The van der Waals surface area contributed by atoms with Crippen LogP contribution in [0.2, 0.25) is 5.02 Å². The highest BCUT2D eigenvalue weighted by Crippen LogP contribution is 2.32. The van der Waals surface area contributed by atoms with Gasteiger partial charge in [-0.05, 0) is 55.3 Å². The van der Waals surface area contributed by atoms with Crippen LogP contribution in [-0.2, 0) is 14.8 Å². The van der Waals surface area contributed by atoms with Gasteiger partial charge in [-0.2, -0.15) is 17.9 Å². The van der Waals surface area contributed by atoms with Crippen LogP contribution in [0.5, 0.6) is 0 Å². The molecule has 1 N–H and O–H groups in total. The van der Waals surface area contributed by atoms with Gasteiger partial charge in [0, 0.05) is 21.8 Å². The van der Waals surface area contributed by atoms with E-state index in [2.05, 4.69) is 10.4 Å². The number of anilines is 1. The second-order valence-electron chi connectivity index (χ2n) is 7.37. The van der Waals surface area contributed by atoms with Gasteiger partial charge in [0.05, 0.1) is 4.90 Å². The summed E-state index contributed by atoms with van der Waals surface area (Å²) in [5.41, 5.74) is 2.65. The minimum absolute atomic E-state index is 0.0790. The van der Waals surface area contributed by atoms with Crippen molar-refractivity contribution in [1.29, 1.82) is 0 Å². The van der Waals surface area contributed by atoms with Crippen molar-refractivity contribution in [2.45, 2.75) is 18.7 Å². The molecular weight excluding hydrogens is 453 g/mol. The van der Waals surface area contributed by atoms with Crippen molar-refractivity contribution < 1.29 is 17.6 Å². The Kier molecular flexibility index (Phi) is 5.75. The normalized spacial score (nSPS) is 14.5. The predicted octanol–water partition coefficient (Wildman–Crippen LogP) is 4.49. The lowest BCUT2D eigenvalue weighted by Gasteiger charge is -2.27. The van der Waals surface area contributed by atoms with E-state index in [1.165, 1.54) is 36.4 Å². The van der Waals surface area contributed by atoms with Crippen molar-refractivity contribution in [2.24, 2.45) is 5.10 Å². The summed E-state index contributed by atoms with van der Waals surface area (Å²) in [5, 5.41) is 7.21. The van der Waals surface area contributed by atoms with Gasteiger partial charge in [0.15, 0.2) is 0 Å². The van der Waals surface area contributed by atoms with Gasteiger partial charge in [-0.15, -0.1) is 0 Å². The molecule has 164 valence electrons. The number of benzene rings is 3. The van der Waals surface area contributed by atoms with E-state index in [1.54, 1.807) is 6.07 Å². The summed E-state index contributed by atoms with van der Waals surface area (Å²) in [6.45, 7) is 3.11. The van der Waals surface area contributed by atoms with E-state index in [1.807, 2.05) is 32.0 Å². The average Bonchev–Trinajstić information content (AvgIpc) is 2.73. The number of nitrogens with zero attached hydrogens (tertiary/aromatic N) is 2. The fraction of sp³-hybridized carbons (Fsp3) is 0.130. The summed E-state index contributed by atoms with van der Waals surface area (Å²) in [4.78, 5) is 12.7. The predicted molar refractivity (Wildman–Crippen MR) is 122 cm³/mol. The molecule has 0 aromatic heterocycles. The number of hydrogen-bond acceptors (Lipinski definition) is 4. The summed E-state index contributed by atoms with van der Waals surface area (Å²) in [6.07, 6.45) is 0. The number of carbonyl (C=O) groups is 1. The lowest BCUT2D eigenvalue weighted by Crippen LogP contribution is -2.39. The minimum Gasteiger partial charge on any atom is -0.324 e. The van der Waals surface area contributed by atoms with Crippen LogP contribution in [0.4, 0.5) is 10.1 Å². The van der Waals surface area contributed by atoms with Crippen molar-refractivity contribution in [1.82, 2.24) is 4.41 Å². The van der Waals surface area contributed by atoms with Crippen molar-refractivity contribution in [2.75, 3.05) is 11.9 Å². The van der Waals surface area contributed by atoms with E-state index in [0.29, 0.717) is 10.1 Å². The van der Waals surface area contributed by atoms with Gasteiger partial charge in [0.25, 0.3) is 10.0 Å². The maximum Gasteiger partial charge on any atom is 0.280 e. The van der Waals surface area contributed by atoms with Crippen LogP contribution in [0.1, 0.15) is 22.3 Å². The molecule has 3 aromatic carbocycles. The highest BCUT2D eigenvalue weighted by molar-refractivity contribution is 7.89. The second-order valence-corrected chi connectivity index (χ2v) is 9.62. The molecule has 0 saturated heterocycles. The number of carbonyl (C=O) groups excluding carboxylic acids is 1. The Hall–Kier alpha value is -3.23. The van der Waals surface area contributed by atoms with Gasteiger partial charge < -0.3 is 5.32 Å². The standard InChI is InChI=1S/C23H19ClFN3O3S/c1-14-6-5-7-15(2)22(14)26-21(29)13-28-27-23(17-8-3-4-9-19(17)25)18-12-16(24)10-11-20(18)32(28,30)31/h3-12H,13H2,1-2H3,(H,26,29). The Morgan fingerprint density at radius 3 is 2.41 bits per heavy atom. The Bertz CT molecular complexity index is 1350. The summed E-state index contributed by atoms with van der Waals surface area (Å²) >= 11 is 6.08. The van der Waals surface area contributed by atoms with E-state index in [9.17, 15) is 17.6 Å². The van der Waals surface area contributed by atoms with E-state index in [-0.39, 0.29) is 26.8 Å². The highest BCUT2D eigenvalue weighted by atomic mass is 35.5. The zero-order chi connectivity index (χ0) is 23.0. The van der Waals surface area contributed by atoms with Gasteiger partial charge in [-0.3, -0.25) is 4.79 Å². The van der Waals surface area contributed by atoms with Crippen LogP contribution in [0.25, 0.3) is 0 Å². The number of hydrazone groups is 1. The average molecular weight is 472 g/mol. The third-order valence-electron chi connectivity index (χ3n) is 5.12. The SMILES string of the molecule is Cc1cccc(C)c1NC(=O)CN1N=C(c2ccccc2F)c2cc(Cl)ccc2S1(=O)=O. The largest absolute Gasteiger partial charge is 0.324 e. The third-order valence-corrected chi connectivity index (χ3v) is 7.03. The van der Waals surface area contributed by atoms with Gasteiger partial charge in [-0.1, -0.05) is 41.9 Å². The molecule has 0 radical (unpaired) electrons. The zero-order valence-corrected chi connectivity index (χ0v) is 18.8. The van der Waals surface area contributed by atoms with Gasteiger partial charge >= 0.3 is 0 Å². The Morgan fingerprint density at radius 1 is 1.03 bits per heavy atom.